The molecule has 68 heavy (non-hydrogen) atoms. The Morgan fingerprint density at radius 3 is 1.81 bits per heavy atom. The van der Waals surface area contributed by atoms with Crippen LogP contribution >= 0.6 is 23.2 Å². The molecular formula is C48H54Cl2N14O3Si. The Hall–Kier alpha value is -6.70. The molecule has 0 spiro atoms. The number of nitriles is 2. The molecule has 8 rings (SSSR count). The second-order valence-electron chi connectivity index (χ2n) is 19.3. The summed E-state index contributed by atoms with van der Waals surface area (Å²) in [5.74, 6) is -0.642. The number of rotatable bonds is 13. The Morgan fingerprint density at radius 1 is 0.794 bits per heavy atom. The number of nitrogens with one attached hydrogen (secondary N) is 3. The van der Waals surface area contributed by atoms with E-state index in [0.29, 0.717) is 72.9 Å². The fourth-order valence-electron chi connectivity index (χ4n) is 7.09. The van der Waals surface area contributed by atoms with Crippen LogP contribution in [0.25, 0.3) is 66.9 Å². The largest absolute Gasteiger partial charge is 0.361 e. The second-order valence-corrected chi connectivity index (χ2v) is 25.8. The molecule has 0 radical (unpaired) electrons. The Labute approximate surface area is 404 Å². The van der Waals surface area contributed by atoms with Gasteiger partial charge in [-0.3, -0.25) is 19.0 Å². The van der Waals surface area contributed by atoms with Crippen molar-refractivity contribution in [3.8, 4) is 34.9 Å². The number of halogens is 2. The van der Waals surface area contributed by atoms with Crippen LogP contribution in [-0.2, 0) is 25.6 Å². The van der Waals surface area contributed by atoms with Gasteiger partial charge >= 0.3 is 0 Å². The summed E-state index contributed by atoms with van der Waals surface area (Å²) < 4.78 is 11.3. The van der Waals surface area contributed by atoms with Crippen molar-refractivity contribution in [1.29, 1.82) is 10.5 Å². The zero-order valence-electron chi connectivity index (χ0n) is 39.9. The molecule has 2 atom stereocenters. The Kier molecular flexibility index (Phi) is 13.8. The molecule has 0 unspecified atom stereocenters. The minimum atomic E-state index is -1.24. The maximum absolute atomic E-state index is 13.4. The highest BCUT2D eigenvalue weighted by molar-refractivity contribution is 6.76. The molecule has 0 saturated carbocycles. The van der Waals surface area contributed by atoms with Crippen LogP contribution < -0.4 is 10.6 Å². The lowest BCUT2D eigenvalue weighted by atomic mass is 9.87. The SMILES string of the molecule is C[C@H](NC(=O)c1c[nH]c2ncc(-c3nn(C)c4cc(Cl)ccc34)nc12)C(C)(C)C#N.C[C@H](NC(=O)c1cn(COCC[Si](C)(C)C)c2ncc(-c3nn(C)c4cc(Cl)ccc34)nc12)C(C)(C)C#N. The van der Waals surface area contributed by atoms with Crippen LogP contribution in [0, 0.1) is 33.5 Å². The minimum absolute atomic E-state index is 0.256. The van der Waals surface area contributed by atoms with E-state index in [1.54, 1.807) is 74.8 Å². The highest BCUT2D eigenvalue weighted by Crippen LogP contribution is 2.32. The van der Waals surface area contributed by atoms with Crippen molar-refractivity contribution >= 4 is 87.2 Å². The van der Waals surface area contributed by atoms with Gasteiger partial charge < -0.3 is 24.9 Å². The van der Waals surface area contributed by atoms with Crippen LogP contribution in [0.3, 0.4) is 0 Å². The van der Waals surface area contributed by atoms with E-state index in [2.05, 4.69) is 72.5 Å². The molecule has 0 aliphatic rings. The maximum Gasteiger partial charge on any atom is 0.255 e. The predicted molar refractivity (Wildman–Crippen MR) is 268 cm³/mol. The fraction of sp³-hybridized carbons (Fsp3) is 0.375. The maximum atomic E-state index is 13.4. The molecule has 352 valence electrons. The number of carbonyl (C=O) groups is 2. The summed E-state index contributed by atoms with van der Waals surface area (Å²) in [6.45, 7) is 18.6. The number of hydrogen-bond donors (Lipinski definition) is 3. The van der Waals surface area contributed by atoms with Crippen molar-refractivity contribution in [2.75, 3.05) is 6.61 Å². The fourth-order valence-corrected chi connectivity index (χ4v) is 8.18. The van der Waals surface area contributed by atoms with Crippen molar-refractivity contribution in [1.82, 2.24) is 59.7 Å². The Morgan fingerprint density at radius 2 is 1.29 bits per heavy atom. The second kappa shape index (κ2) is 19.1. The molecule has 0 aliphatic carbocycles. The number of aryl methyl sites for hydroxylation is 2. The van der Waals surface area contributed by atoms with E-state index >= 15 is 0 Å². The first-order valence-electron chi connectivity index (χ1n) is 22.0. The Bertz CT molecular complexity index is 3310. The third-order valence-corrected chi connectivity index (χ3v) is 14.4. The van der Waals surface area contributed by atoms with E-state index in [1.807, 2.05) is 55.9 Å². The monoisotopic (exact) mass is 972 g/mol. The molecule has 2 amide bonds. The quantitative estimate of drug-likeness (QED) is 0.0729. The zero-order chi connectivity index (χ0) is 49.5. The molecule has 0 aliphatic heterocycles. The Balaban J connectivity index is 0.000000207. The van der Waals surface area contributed by atoms with E-state index in [-0.39, 0.29) is 30.6 Å². The van der Waals surface area contributed by atoms with E-state index in [1.165, 1.54) is 0 Å². The van der Waals surface area contributed by atoms with Gasteiger partial charge in [0.25, 0.3) is 11.8 Å². The van der Waals surface area contributed by atoms with E-state index in [0.717, 1.165) is 27.8 Å². The normalized spacial score (nSPS) is 13.0. The standard InChI is InChI=1S/C27H34ClN7O2Si.C21H20ClN7O/c1-17(27(2,3)15-29)31-26(36)20-14-35(16-37-10-11-38(5,6)7)25-24(20)32-21(13-30-25)23-19-9-8-18(28)12-22(19)34(4)33-23;1-11(21(2,3)10-23)26-20(30)14-8-24-19-18(14)27-15(9-25-19)17-13-6-5-12(22)7-16(13)29(4)28-17/h8-9,12-14,17H,10-11,16H2,1-7H3,(H,31,36);5-9,11H,1-4H3,(H,24,25)(H,26,30)/t17-;11-/m00/s1. The van der Waals surface area contributed by atoms with Crippen LogP contribution in [0.5, 0.6) is 0 Å². The average molecular weight is 974 g/mol. The number of fused-ring (bicyclic) bond motifs is 4. The van der Waals surface area contributed by atoms with Crippen LogP contribution in [0.15, 0.2) is 61.2 Å². The molecule has 3 N–H and O–H groups in total. The third kappa shape index (κ3) is 10.2. The first-order chi connectivity index (χ1) is 32.0. The number of aromatic nitrogens is 10. The minimum Gasteiger partial charge on any atom is -0.361 e. The van der Waals surface area contributed by atoms with Gasteiger partial charge in [-0.15, -0.1) is 0 Å². The number of H-pyrrole nitrogens is 1. The zero-order valence-corrected chi connectivity index (χ0v) is 42.5. The van der Waals surface area contributed by atoms with Gasteiger partial charge in [-0.05, 0) is 84.0 Å². The van der Waals surface area contributed by atoms with Gasteiger partial charge in [0.1, 0.15) is 40.5 Å². The molecule has 17 nitrogen and oxygen atoms in total. The van der Waals surface area contributed by atoms with Crippen molar-refractivity contribution in [2.24, 2.45) is 24.9 Å². The van der Waals surface area contributed by atoms with Crippen molar-refractivity contribution in [3.63, 3.8) is 0 Å². The summed E-state index contributed by atoms with van der Waals surface area (Å²) in [4.78, 5) is 47.9. The molecule has 0 saturated heterocycles. The molecule has 20 heteroatoms. The van der Waals surface area contributed by atoms with Gasteiger partial charge in [0.15, 0.2) is 11.3 Å². The van der Waals surface area contributed by atoms with Gasteiger partial charge in [0, 0.05) is 74.1 Å². The summed E-state index contributed by atoms with van der Waals surface area (Å²) in [5.41, 5.74) is 5.37. The van der Waals surface area contributed by atoms with Gasteiger partial charge in [-0.2, -0.15) is 20.7 Å². The number of carbonyl (C=O) groups excluding carboxylic acids is 2. The van der Waals surface area contributed by atoms with Crippen LogP contribution in [0.2, 0.25) is 35.7 Å². The molecule has 6 heterocycles. The van der Waals surface area contributed by atoms with Gasteiger partial charge in [-0.25, -0.2) is 19.9 Å². The molecular weight excluding hydrogens is 920 g/mol. The van der Waals surface area contributed by atoms with Crippen LogP contribution in [-0.4, -0.2) is 87.6 Å². The molecule has 2 aromatic carbocycles. The van der Waals surface area contributed by atoms with Gasteiger partial charge in [-0.1, -0.05) is 42.8 Å². The first kappa shape index (κ1) is 49.2. The molecule has 0 fully saturated rings. The smallest absolute Gasteiger partial charge is 0.255 e. The lowest BCUT2D eigenvalue weighted by Crippen LogP contribution is -2.42. The van der Waals surface area contributed by atoms with Crippen molar-refractivity contribution in [2.45, 2.75) is 86.0 Å². The number of aromatic amines is 1. The molecule has 6 aromatic heterocycles. The number of amides is 2. The van der Waals surface area contributed by atoms with E-state index < -0.39 is 18.9 Å². The van der Waals surface area contributed by atoms with Crippen molar-refractivity contribution < 1.29 is 14.3 Å². The highest BCUT2D eigenvalue weighted by Gasteiger charge is 2.30. The topological polar surface area (TPSA) is 223 Å². The number of hydrogen-bond acceptors (Lipinski definition) is 11. The highest BCUT2D eigenvalue weighted by atomic mass is 35.5. The summed E-state index contributed by atoms with van der Waals surface area (Å²) in [7, 11) is 2.44. The summed E-state index contributed by atoms with van der Waals surface area (Å²) in [6.07, 6.45) is 6.59. The number of ether oxygens (including phenoxy) is 1. The van der Waals surface area contributed by atoms with Gasteiger partial charge in [0.2, 0.25) is 0 Å². The van der Waals surface area contributed by atoms with E-state index in [4.69, 9.17) is 32.9 Å². The lowest BCUT2D eigenvalue weighted by Gasteiger charge is -2.25. The number of benzene rings is 2. The van der Waals surface area contributed by atoms with E-state index in [9.17, 15) is 20.1 Å². The molecule has 8 aromatic rings. The lowest BCUT2D eigenvalue weighted by molar-refractivity contribution is 0.0884. The summed E-state index contributed by atoms with van der Waals surface area (Å²) in [6, 6.07) is 15.9. The van der Waals surface area contributed by atoms with Gasteiger partial charge in [0.05, 0.1) is 57.5 Å². The third-order valence-electron chi connectivity index (χ3n) is 12.2. The number of nitrogens with zero attached hydrogens (tertiary/aromatic N) is 11. The predicted octanol–water partition coefficient (Wildman–Crippen LogP) is 9.45. The summed E-state index contributed by atoms with van der Waals surface area (Å²) >= 11 is 12.3. The average Bonchev–Trinajstić information content (AvgIpc) is 4.06. The van der Waals surface area contributed by atoms with Crippen LogP contribution in [0.4, 0.5) is 0 Å². The first-order valence-corrected chi connectivity index (χ1v) is 26.5. The van der Waals surface area contributed by atoms with Crippen molar-refractivity contribution in [3.05, 3.63) is 82.4 Å². The molecule has 0 bridgehead atoms. The van der Waals surface area contributed by atoms with Crippen LogP contribution in [0.1, 0.15) is 62.3 Å². The summed E-state index contributed by atoms with van der Waals surface area (Å²) in [5, 5.41) is 36.9.